The van der Waals surface area contributed by atoms with Gasteiger partial charge >= 0.3 is 12.1 Å². The third-order valence-electron chi connectivity index (χ3n) is 2.79. The van der Waals surface area contributed by atoms with E-state index >= 15 is 0 Å². The molecule has 1 N–H and O–H groups in total. The molecule has 1 amide bonds. The summed E-state index contributed by atoms with van der Waals surface area (Å²) < 4.78 is 37.5. The van der Waals surface area contributed by atoms with Crippen molar-refractivity contribution < 1.29 is 31.7 Å². The van der Waals surface area contributed by atoms with Crippen molar-refractivity contribution in [3.63, 3.8) is 0 Å². The average molecular weight is 337 g/mol. The number of nitrogens with one attached hydrogen (secondary N) is 1. The van der Waals surface area contributed by atoms with E-state index in [2.05, 4.69) is 5.32 Å². The van der Waals surface area contributed by atoms with Gasteiger partial charge in [0.15, 0.2) is 0 Å². The Bertz CT molecular complexity index is 523. The highest BCUT2D eigenvalue weighted by Crippen LogP contribution is 2.27. The van der Waals surface area contributed by atoms with Gasteiger partial charge in [0, 0.05) is 13.3 Å². The number of esters is 1. The molecule has 3 atom stereocenters. The molecule has 0 aromatic carbocycles. The Labute approximate surface area is 130 Å². The van der Waals surface area contributed by atoms with Crippen LogP contribution in [0.4, 0.5) is 4.79 Å². The van der Waals surface area contributed by atoms with Crippen LogP contribution in [-0.2, 0) is 28.6 Å². The minimum Gasteiger partial charge on any atom is -0.460 e. The summed E-state index contributed by atoms with van der Waals surface area (Å²) in [7, 11) is -3.62. The lowest BCUT2D eigenvalue weighted by atomic mass is 10.2. The zero-order valence-corrected chi connectivity index (χ0v) is 14.2. The van der Waals surface area contributed by atoms with Gasteiger partial charge in [-0.2, -0.15) is 8.42 Å². The van der Waals surface area contributed by atoms with Crippen molar-refractivity contribution in [1.82, 2.24) is 5.32 Å². The summed E-state index contributed by atoms with van der Waals surface area (Å²) in [5.74, 6) is -0.513. The highest BCUT2D eigenvalue weighted by Gasteiger charge is 2.40. The zero-order chi connectivity index (χ0) is 17.1. The molecule has 0 radical (unpaired) electrons. The summed E-state index contributed by atoms with van der Waals surface area (Å²) in [6.45, 7) is 6.41. The second-order valence-corrected chi connectivity index (χ2v) is 7.90. The van der Waals surface area contributed by atoms with Crippen LogP contribution in [0.2, 0.25) is 0 Å². The summed E-state index contributed by atoms with van der Waals surface area (Å²) in [4.78, 5) is 22.9. The fourth-order valence-electron chi connectivity index (χ4n) is 2.23. The van der Waals surface area contributed by atoms with E-state index in [1.165, 1.54) is 6.92 Å². The molecule has 8 nitrogen and oxygen atoms in total. The Hall–Kier alpha value is -1.35. The predicted molar refractivity (Wildman–Crippen MR) is 77.7 cm³/mol. The first-order valence-electron chi connectivity index (χ1n) is 6.91. The molecule has 0 heterocycles. The topological polar surface area (TPSA) is 108 Å². The molecule has 9 heteroatoms. The van der Waals surface area contributed by atoms with Crippen LogP contribution in [0.1, 0.15) is 40.5 Å². The van der Waals surface area contributed by atoms with Crippen molar-refractivity contribution in [3.8, 4) is 0 Å². The number of carbonyl (C=O) groups excluding carboxylic acids is 2. The molecule has 1 fully saturated rings. The van der Waals surface area contributed by atoms with Crippen LogP contribution in [-0.4, -0.2) is 50.6 Å². The highest BCUT2D eigenvalue weighted by atomic mass is 32.2. The van der Waals surface area contributed by atoms with Crippen molar-refractivity contribution in [1.29, 1.82) is 0 Å². The number of hydrogen-bond donors (Lipinski definition) is 1. The quantitative estimate of drug-likeness (QED) is 0.601. The zero-order valence-electron chi connectivity index (χ0n) is 13.4. The molecule has 1 rings (SSSR count). The normalized spacial score (nSPS) is 25.6. The molecule has 0 aliphatic heterocycles. The lowest BCUT2D eigenvalue weighted by Crippen LogP contribution is -2.44. The van der Waals surface area contributed by atoms with Gasteiger partial charge in [-0.15, -0.1) is 0 Å². The fraction of sp³-hybridized carbons (Fsp3) is 0.846. The van der Waals surface area contributed by atoms with Gasteiger partial charge in [-0.1, -0.05) is 0 Å². The van der Waals surface area contributed by atoms with E-state index in [0.29, 0.717) is 0 Å². The van der Waals surface area contributed by atoms with Crippen LogP contribution >= 0.6 is 0 Å². The van der Waals surface area contributed by atoms with E-state index in [-0.39, 0.29) is 12.8 Å². The van der Waals surface area contributed by atoms with Crippen LogP contribution in [0, 0.1) is 0 Å². The van der Waals surface area contributed by atoms with Gasteiger partial charge in [-0.05, 0) is 27.2 Å². The molecule has 0 bridgehead atoms. The van der Waals surface area contributed by atoms with Crippen LogP contribution in [0.25, 0.3) is 0 Å². The molecule has 1 aliphatic rings. The van der Waals surface area contributed by atoms with Gasteiger partial charge in [0.1, 0.15) is 11.7 Å². The molecule has 22 heavy (non-hydrogen) atoms. The van der Waals surface area contributed by atoms with Crippen molar-refractivity contribution in [3.05, 3.63) is 0 Å². The summed E-state index contributed by atoms with van der Waals surface area (Å²) in [5, 5.41) is 2.59. The molecular weight excluding hydrogens is 314 g/mol. The third-order valence-corrected chi connectivity index (χ3v) is 3.41. The monoisotopic (exact) mass is 337 g/mol. The van der Waals surface area contributed by atoms with Gasteiger partial charge in [0.25, 0.3) is 10.1 Å². The highest BCUT2D eigenvalue weighted by molar-refractivity contribution is 7.86. The van der Waals surface area contributed by atoms with Crippen molar-refractivity contribution in [2.45, 2.75) is 64.4 Å². The van der Waals surface area contributed by atoms with Gasteiger partial charge in [0.2, 0.25) is 0 Å². The lowest BCUT2D eigenvalue weighted by molar-refractivity contribution is -0.147. The molecule has 0 aromatic rings. The number of amides is 1. The van der Waals surface area contributed by atoms with E-state index in [1.807, 2.05) is 0 Å². The molecule has 128 valence electrons. The van der Waals surface area contributed by atoms with Crippen molar-refractivity contribution >= 4 is 22.2 Å². The van der Waals surface area contributed by atoms with E-state index in [4.69, 9.17) is 13.7 Å². The minimum absolute atomic E-state index is 0.188. The fourth-order valence-corrected chi connectivity index (χ4v) is 2.89. The summed E-state index contributed by atoms with van der Waals surface area (Å²) in [5.41, 5.74) is -0.664. The Kier molecular flexibility index (Phi) is 5.80. The maximum absolute atomic E-state index is 11.8. The summed E-state index contributed by atoms with van der Waals surface area (Å²) >= 11 is 0. The second-order valence-electron chi connectivity index (χ2n) is 6.29. The number of carbonyl (C=O) groups is 2. The number of alkyl carbamates (subject to hydrolysis) is 1. The van der Waals surface area contributed by atoms with Crippen LogP contribution in [0.3, 0.4) is 0 Å². The van der Waals surface area contributed by atoms with Crippen LogP contribution in [0.15, 0.2) is 0 Å². The Morgan fingerprint density at radius 3 is 2.23 bits per heavy atom. The largest absolute Gasteiger partial charge is 0.460 e. The molecule has 1 saturated carbocycles. The standard InChI is InChI=1S/C13H23NO7S/c1-8(15)19-11-7-9(21-22(5,17)18)6-10(11)14-12(16)20-13(2,3)4/h9-11H,6-7H2,1-5H3,(H,14,16)/t9-,10+,11?/m0/s1. The molecule has 0 aromatic heterocycles. The maximum atomic E-state index is 11.8. The predicted octanol–water partition coefficient (Wildman–Crippen LogP) is 0.950. The number of ether oxygens (including phenoxy) is 2. The number of hydrogen-bond acceptors (Lipinski definition) is 7. The van der Waals surface area contributed by atoms with E-state index in [0.717, 1.165) is 6.26 Å². The Morgan fingerprint density at radius 2 is 1.77 bits per heavy atom. The SMILES string of the molecule is CC(=O)OC1C[C@@H](OS(C)(=O)=O)C[C@H]1NC(=O)OC(C)(C)C. The first-order valence-corrected chi connectivity index (χ1v) is 8.72. The Morgan fingerprint density at radius 1 is 1.18 bits per heavy atom. The molecule has 0 saturated heterocycles. The summed E-state index contributed by atoms with van der Waals surface area (Å²) in [6.07, 6.45) is -0.620. The third kappa shape index (κ3) is 7.08. The maximum Gasteiger partial charge on any atom is 0.408 e. The first kappa shape index (κ1) is 18.7. The van der Waals surface area contributed by atoms with E-state index in [1.54, 1.807) is 20.8 Å². The van der Waals surface area contributed by atoms with E-state index < -0.39 is 46.0 Å². The minimum atomic E-state index is -3.62. The second kappa shape index (κ2) is 6.82. The molecule has 1 aliphatic carbocycles. The molecule has 0 spiro atoms. The van der Waals surface area contributed by atoms with Gasteiger partial charge in [0.05, 0.1) is 18.4 Å². The average Bonchev–Trinajstić information content (AvgIpc) is 2.52. The summed E-state index contributed by atoms with van der Waals surface area (Å²) in [6, 6.07) is -0.564. The van der Waals surface area contributed by atoms with Crippen molar-refractivity contribution in [2.75, 3.05) is 6.26 Å². The van der Waals surface area contributed by atoms with Gasteiger partial charge in [-0.25, -0.2) is 4.79 Å². The van der Waals surface area contributed by atoms with Gasteiger partial charge < -0.3 is 14.8 Å². The van der Waals surface area contributed by atoms with E-state index in [9.17, 15) is 18.0 Å². The first-order chi connectivity index (χ1) is 9.85. The van der Waals surface area contributed by atoms with Gasteiger partial charge in [-0.3, -0.25) is 8.98 Å². The van der Waals surface area contributed by atoms with Crippen LogP contribution < -0.4 is 5.32 Å². The molecule has 1 unspecified atom stereocenters. The Balaban J connectivity index is 2.71. The smallest absolute Gasteiger partial charge is 0.408 e. The van der Waals surface area contributed by atoms with Crippen LogP contribution in [0.5, 0.6) is 0 Å². The molecular formula is C13H23NO7S. The van der Waals surface area contributed by atoms with Crippen molar-refractivity contribution in [2.24, 2.45) is 0 Å². The lowest BCUT2D eigenvalue weighted by Gasteiger charge is -2.24. The number of rotatable bonds is 4.